The molecular weight excluding hydrogens is 469 g/mol. The van der Waals surface area contributed by atoms with E-state index in [0.29, 0.717) is 37.2 Å². The average Bonchev–Trinajstić information content (AvgIpc) is 3.41. The van der Waals surface area contributed by atoms with Crippen molar-refractivity contribution in [1.29, 1.82) is 0 Å². The van der Waals surface area contributed by atoms with E-state index < -0.39 is 0 Å². The van der Waals surface area contributed by atoms with E-state index in [1.54, 1.807) is 56.0 Å². The second-order valence-electron chi connectivity index (χ2n) is 6.59. The molecule has 2 aromatic carbocycles. The first-order chi connectivity index (χ1) is 15.6. The van der Waals surface area contributed by atoms with Crippen LogP contribution >= 0.6 is 35.0 Å². The fraction of sp³-hybridized carbons (Fsp3) is 0.0870. The summed E-state index contributed by atoms with van der Waals surface area (Å²) >= 11 is 13.6. The van der Waals surface area contributed by atoms with E-state index in [1.807, 2.05) is 24.3 Å². The topological polar surface area (TPSA) is 67.4 Å². The van der Waals surface area contributed by atoms with Crippen LogP contribution < -0.4 is 4.74 Å². The number of para-hydroxylation sites is 1. The van der Waals surface area contributed by atoms with Gasteiger partial charge in [-0.1, -0.05) is 47.5 Å². The normalized spacial score (nSPS) is 16.6. The maximum Gasteiger partial charge on any atom is 0.267 e. The molecule has 2 heterocycles. The Morgan fingerprint density at radius 1 is 1.09 bits per heavy atom. The third-order valence-electron chi connectivity index (χ3n) is 4.53. The van der Waals surface area contributed by atoms with Crippen molar-refractivity contribution in [2.75, 3.05) is 7.11 Å². The first-order valence-corrected chi connectivity index (χ1v) is 11.1. The molecule has 0 unspecified atom stereocenters. The molecule has 0 atom stereocenters. The highest BCUT2D eigenvalue weighted by atomic mass is 35.5. The third-order valence-corrected chi connectivity index (χ3v) is 6.36. The number of rotatable bonds is 6. The summed E-state index contributed by atoms with van der Waals surface area (Å²) < 4.78 is 10.7. The molecule has 1 fully saturated rings. The van der Waals surface area contributed by atoms with Gasteiger partial charge in [0, 0.05) is 5.56 Å². The molecule has 0 bridgehead atoms. The Morgan fingerprint density at radius 2 is 1.91 bits per heavy atom. The van der Waals surface area contributed by atoms with Gasteiger partial charge in [-0.2, -0.15) is 5.10 Å². The number of ether oxygens (including phenoxy) is 1. The first-order valence-electron chi connectivity index (χ1n) is 9.48. The molecule has 1 amide bonds. The van der Waals surface area contributed by atoms with Crippen LogP contribution in [0.5, 0.6) is 5.75 Å². The zero-order chi connectivity index (χ0) is 22.5. The number of carbonyl (C=O) groups excluding carboxylic acids is 1. The molecule has 3 aromatic rings. The van der Waals surface area contributed by atoms with Crippen molar-refractivity contribution in [3.63, 3.8) is 0 Å². The summed E-state index contributed by atoms with van der Waals surface area (Å²) in [6.45, 7) is 0.225. The molecule has 0 saturated carbocycles. The highest BCUT2D eigenvalue weighted by molar-refractivity contribution is 8.18. The van der Waals surface area contributed by atoms with Crippen LogP contribution in [0, 0.1) is 0 Å². The van der Waals surface area contributed by atoms with Crippen LogP contribution in [-0.2, 0) is 11.3 Å². The predicted molar refractivity (Wildman–Crippen MR) is 129 cm³/mol. The molecular formula is C23H17Cl2N3O3S. The fourth-order valence-electron chi connectivity index (χ4n) is 2.97. The zero-order valence-corrected chi connectivity index (χ0v) is 19.2. The molecule has 1 aliphatic heterocycles. The maximum absolute atomic E-state index is 13.1. The molecule has 9 heteroatoms. The number of methoxy groups -OCH3 is 1. The van der Waals surface area contributed by atoms with Crippen LogP contribution in [0.3, 0.4) is 0 Å². The number of furan rings is 1. The Balaban J connectivity index is 1.66. The van der Waals surface area contributed by atoms with Gasteiger partial charge in [0.05, 0.1) is 41.1 Å². The Kier molecular flexibility index (Phi) is 6.99. The SMILES string of the molecule is COc1ccccc1/C=N/N=C1\S/C(=C\c2cccc(Cl)c2Cl)C(=O)N1Cc1ccco1. The number of amidine groups is 1. The number of benzene rings is 2. The second-order valence-corrected chi connectivity index (χ2v) is 8.39. The van der Waals surface area contributed by atoms with E-state index in [-0.39, 0.29) is 12.5 Å². The number of hydrogen-bond acceptors (Lipinski definition) is 6. The van der Waals surface area contributed by atoms with Gasteiger partial charge in [0.25, 0.3) is 5.91 Å². The van der Waals surface area contributed by atoms with Crippen molar-refractivity contribution in [2.24, 2.45) is 10.2 Å². The van der Waals surface area contributed by atoms with Gasteiger partial charge in [-0.3, -0.25) is 9.69 Å². The van der Waals surface area contributed by atoms with Crippen LogP contribution in [0.1, 0.15) is 16.9 Å². The molecule has 1 saturated heterocycles. The van der Waals surface area contributed by atoms with Gasteiger partial charge in [-0.25, -0.2) is 0 Å². The van der Waals surface area contributed by atoms with Crippen LogP contribution in [0.4, 0.5) is 0 Å². The Hall–Kier alpha value is -3.00. The molecule has 1 aliphatic rings. The smallest absolute Gasteiger partial charge is 0.267 e. The van der Waals surface area contributed by atoms with Crippen LogP contribution in [0.25, 0.3) is 6.08 Å². The third kappa shape index (κ3) is 4.91. The number of thioether (sulfide) groups is 1. The van der Waals surface area contributed by atoms with Gasteiger partial charge in [0.15, 0.2) is 5.17 Å². The van der Waals surface area contributed by atoms with E-state index >= 15 is 0 Å². The summed E-state index contributed by atoms with van der Waals surface area (Å²) in [5.41, 5.74) is 1.42. The van der Waals surface area contributed by atoms with Gasteiger partial charge in [0.1, 0.15) is 11.5 Å². The number of carbonyl (C=O) groups is 1. The van der Waals surface area contributed by atoms with Gasteiger partial charge >= 0.3 is 0 Å². The minimum Gasteiger partial charge on any atom is -0.496 e. The van der Waals surface area contributed by atoms with E-state index in [2.05, 4.69) is 10.2 Å². The summed E-state index contributed by atoms with van der Waals surface area (Å²) in [6, 6.07) is 16.3. The van der Waals surface area contributed by atoms with Crippen molar-refractivity contribution in [1.82, 2.24) is 4.90 Å². The number of amides is 1. The molecule has 0 aliphatic carbocycles. The van der Waals surface area contributed by atoms with Crippen molar-refractivity contribution in [3.05, 3.63) is 92.7 Å². The fourth-order valence-corrected chi connectivity index (χ4v) is 4.26. The van der Waals surface area contributed by atoms with E-state index in [1.165, 1.54) is 16.7 Å². The van der Waals surface area contributed by atoms with E-state index in [9.17, 15) is 4.79 Å². The molecule has 6 nitrogen and oxygen atoms in total. The minimum absolute atomic E-state index is 0.225. The van der Waals surface area contributed by atoms with Crippen molar-refractivity contribution in [3.8, 4) is 5.75 Å². The molecule has 1 aromatic heterocycles. The van der Waals surface area contributed by atoms with Gasteiger partial charge in [-0.15, -0.1) is 5.10 Å². The zero-order valence-electron chi connectivity index (χ0n) is 16.9. The number of hydrogen-bond donors (Lipinski definition) is 0. The highest BCUT2D eigenvalue weighted by Gasteiger charge is 2.34. The summed E-state index contributed by atoms with van der Waals surface area (Å²) in [5.74, 6) is 1.08. The van der Waals surface area contributed by atoms with Gasteiger partial charge in [-0.05, 0) is 53.7 Å². The van der Waals surface area contributed by atoms with Gasteiger partial charge < -0.3 is 9.15 Å². The van der Waals surface area contributed by atoms with Crippen molar-refractivity contribution >= 4 is 58.3 Å². The number of nitrogens with zero attached hydrogens (tertiary/aromatic N) is 3. The summed E-state index contributed by atoms with van der Waals surface area (Å²) in [7, 11) is 1.59. The van der Waals surface area contributed by atoms with Crippen LogP contribution in [0.2, 0.25) is 10.0 Å². The highest BCUT2D eigenvalue weighted by Crippen LogP contribution is 2.36. The molecule has 162 valence electrons. The Morgan fingerprint density at radius 3 is 2.69 bits per heavy atom. The standard InChI is InChI=1S/C23H17Cl2N3O3S/c1-30-19-10-3-2-6-16(19)13-26-27-23-28(14-17-8-5-11-31-17)22(29)20(32-23)12-15-7-4-9-18(24)21(15)25/h2-13H,14H2,1H3/b20-12-,26-13+,27-23-. The Bertz CT molecular complexity index is 1220. The van der Waals surface area contributed by atoms with Gasteiger partial charge in [0.2, 0.25) is 0 Å². The molecule has 4 rings (SSSR count). The Labute approximate surface area is 199 Å². The molecule has 0 spiro atoms. The molecule has 32 heavy (non-hydrogen) atoms. The van der Waals surface area contributed by atoms with Crippen molar-refractivity contribution in [2.45, 2.75) is 6.54 Å². The lowest BCUT2D eigenvalue weighted by atomic mass is 10.2. The molecule has 0 N–H and O–H groups in total. The lowest BCUT2D eigenvalue weighted by Gasteiger charge is -2.12. The van der Waals surface area contributed by atoms with E-state index in [4.69, 9.17) is 32.4 Å². The first kappa shape index (κ1) is 22.2. The monoisotopic (exact) mass is 485 g/mol. The molecule has 0 radical (unpaired) electrons. The van der Waals surface area contributed by atoms with Crippen LogP contribution in [0.15, 0.2) is 80.4 Å². The lowest BCUT2D eigenvalue weighted by molar-refractivity contribution is -0.122. The van der Waals surface area contributed by atoms with Crippen molar-refractivity contribution < 1.29 is 13.9 Å². The maximum atomic E-state index is 13.1. The summed E-state index contributed by atoms with van der Waals surface area (Å²) in [6.07, 6.45) is 4.84. The minimum atomic E-state index is -0.228. The van der Waals surface area contributed by atoms with E-state index in [0.717, 1.165) is 5.56 Å². The quantitative estimate of drug-likeness (QED) is 0.240. The average molecular weight is 486 g/mol. The van der Waals surface area contributed by atoms with Crippen LogP contribution in [-0.4, -0.2) is 29.3 Å². The predicted octanol–water partition coefficient (Wildman–Crippen LogP) is 6.10. The largest absolute Gasteiger partial charge is 0.496 e. The number of halogens is 2. The summed E-state index contributed by atoms with van der Waals surface area (Å²) in [5, 5.41) is 9.69. The lowest BCUT2D eigenvalue weighted by Crippen LogP contribution is -2.28. The summed E-state index contributed by atoms with van der Waals surface area (Å²) in [4.78, 5) is 15.1. The second kappa shape index (κ2) is 10.1.